The van der Waals surface area contributed by atoms with Crippen molar-refractivity contribution in [1.82, 2.24) is 4.90 Å². The first-order chi connectivity index (χ1) is 9.86. The third-order valence-corrected chi connectivity index (χ3v) is 5.46. The van der Waals surface area contributed by atoms with Gasteiger partial charge in [-0.2, -0.15) is 0 Å². The first-order valence-corrected chi connectivity index (χ1v) is 8.58. The second-order valence-electron chi connectivity index (χ2n) is 5.65. The molecule has 1 nitrogen and oxygen atoms in total. The monoisotopic (exact) mass is 285 g/mol. The summed E-state index contributed by atoms with van der Waals surface area (Å²) in [6, 6.07) is 14.0. The predicted molar refractivity (Wildman–Crippen MR) is 87.3 cm³/mol. The number of hydrogen-bond acceptors (Lipinski definition) is 2. The maximum absolute atomic E-state index is 2.66. The lowest BCUT2D eigenvalue weighted by molar-refractivity contribution is 0.180. The fourth-order valence-electron chi connectivity index (χ4n) is 3.26. The van der Waals surface area contributed by atoms with Crippen LogP contribution in [0.2, 0.25) is 0 Å². The van der Waals surface area contributed by atoms with Crippen LogP contribution in [0, 0.1) is 0 Å². The van der Waals surface area contributed by atoms with E-state index in [4.69, 9.17) is 0 Å². The first-order valence-electron chi connectivity index (χ1n) is 7.70. The Hall–Kier alpha value is -1.12. The van der Waals surface area contributed by atoms with E-state index in [0.717, 1.165) is 19.1 Å². The first kappa shape index (κ1) is 13.8. The van der Waals surface area contributed by atoms with E-state index in [0.29, 0.717) is 0 Å². The van der Waals surface area contributed by atoms with Crippen LogP contribution in [-0.2, 0) is 19.4 Å². The zero-order valence-electron chi connectivity index (χ0n) is 12.2. The van der Waals surface area contributed by atoms with Gasteiger partial charge in [-0.25, -0.2) is 0 Å². The number of rotatable bonds is 4. The number of thiophene rings is 1. The molecule has 0 radical (unpaired) electrons. The van der Waals surface area contributed by atoms with Crippen LogP contribution < -0.4 is 0 Å². The van der Waals surface area contributed by atoms with Crippen LogP contribution in [0.1, 0.15) is 35.8 Å². The predicted octanol–water partition coefficient (Wildman–Crippen LogP) is 4.52. The molecule has 0 aliphatic heterocycles. The van der Waals surface area contributed by atoms with Gasteiger partial charge in [-0.3, -0.25) is 4.90 Å². The summed E-state index contributed by atoms with van der Waals surface area (Å²) in [4.78, 5) is 4.29. The summed E-state index contributed by atoms with van der Waals surface area (Å²) >= 11 is 1.95. The summed E-state index contributed by atoms with van der Waals surface area (Å²) in [5.41, 5.74) is 3.04. The summed E-state index contributed by atoms with van der Waals surface area (Å²) in [7, 11) is 0. The summed E-state index contributed by atoms with van der Waals surface area (Å²) in [6.07, 6.45) is 5.15. The highest BCUT2D eigenvalue weighted by Gasteiger charge is 2.21. The lowest BCUT2D eigenvalue weighted by Gasteiger charge is -2.30. The molecule has 0 spiro atoms. The largest absolute Gasteiger partial charge is 0.296 e. The van der Waals surface area contributed by atoms with Crippen molar-refractivity contribution in [3.05, 3.63) is 57.8 Å². The van der Waals surface area contributed by atoms with Crippen molar-refractivity contribution >= 4 is 11.3 Å². The van der Waals surface area contributed by atoms with Crippen molar-refractivity contribution in [3.8, 4) is 0 Å². The second kappa shape index (κ2) is 6.55. The van der Waals surface area contributed by atoms with Crippen molar-refractivity contribution in [2.45, 2.75) is 45.2 Å². The molecular weight excluding hydrogens is 262 g/mol. The summed E-state index contributed by atoms with van der Waals surface area (Å²) < 4.78 is 0. The van der Waals surface area contributed by atoms with Gasteiger partial charge in [-0.1, -0.05) is 37.3 Å². The molecule has 20 heavy (non-hydrogen) atoms. The molecule has 1 aromatic carbocycles. The number of aryl methyl sites for hydroxylation is 2. The number of fused-ring (bicyclic) bond motifs is 1. The van der Waals surface area contributed by atoms with E-state index >= 15 is 0 Å². The smallest absolute Gasteiger partial charge is 0.0236 e. The molecule has 1 aromatic heterocycles. The van der Waals surface area contributed by atoms with Crippen molar-refractivity contribution in [2.24, 2.45) is 0 Å². The van der Waals surface area contributed by atoms with Crippen molar-refractivity contribution in [1.29, 1.82) is 0 Å². The van der Waals surface area contributed by atoms with Crippen LogP contribution in [-0.4, -0.2) is 17.5 Å². The summed E-state index contributed by atoms with van der Waals surface area (Å²) in [6.45, 7) is 4.53. The molecule has 2 heteroatoms. The van der Waals surface area contributed by atoms with Gasteiger partial charge in [0.05, 0.1) is 0 Å². The third-order valence-electron chi connectivity index (χ3n) is 4.44. The van der Waals surface area contributed by atoms with E-state index in [-0.39, 0.29) is 0 Å². The van der Waals surface area contributed by atoms with Gasteiger partial charge in [0.25, 0.3) is 0 Å². The van der Waals surface area contributed by atoms with Crippen molar-refractivity contribution in [3.63, 3.8) is 0 Å². The average molecular weight is 285 g/mol. The van der Waals surface area contributed by atoms with E-state index in [1.807, 2.05) is 11.3 Å². The fourth-order valence-corrected chi connectivity index (χ4v) is 4.21. The van der Waals surface area contributed by atoms with Crippen LogP contribution in [0.25, 0.3) is 0 Å². The molecule has 2 aromatic rings. The highest BCUT2D eigenvalue weighted by molar-refractivity contribution is 7.10. The molecule has 0 fully saturated rings. The van der Waals surface area contributed by atoms with E-state index in [1.165, 1.54) is 31.2 Å². The Morgan fingerprint density at radius 3 is 2.70 bits per heavy atom. The Kier molecular flexibility index (Phi) is 4.54. The summed E-state index contributed by atoms with van der Waals surface area (Å²) in [5, 5.41) is 2.26. The number of hydrogen-bond donors (Lipinski definition) is 0. The Morgan fingerprint density at radius 1 is 1.10 bits per heavy atom. The molecule has 1 heterocycles. The van der Waals surface area contributed by atoms with E-state index in [1.54, 1.807) is 10.4 Å². The zero-order chi connectivity index (χ0) is 13.8. The molecule has 1 aliphatic carbocycles. The minimum Gasteiger partial charge on any atom is -0.296 e. The maximum atomic E-state index is 2.66. The topological polar surface area (TPSA) is 3.24 Å². The van der Waals surface area contributed by atoms with Crippen LogP contribution in [0.15, 0.2) is 41.8 Å². The molecule has 1 unspecified atom stereocenters. The molecule has 3 rings (SSSR count). The highest BCUT2D eigenvalue weighted by Crippen LogP contribution is 2.28. The van der Waals surface area contributed by atoms with E-state index in [9.17, 15) is 0 Å². The van der Waals surface area contributed by atoms with Crippen LogP contribution >= 0.6 is 11.3 Å². The quantitative estimate of drug-likeness (QED) is 0.747. The second-order valence-corrected chi connectivity index (χ2v) is 6.65. The van der Waals surface area contributed by atoms with Crippen molar-refractivity contribution < 1.29 is 0 Å². The zero-order valence-corrected chi connectivity index (χ0v) is 13.0. The highest BCUT2D eigenvalue weighted by atomic mass is 32.1. The molecule has 1 atom stereocenters. The average Bonchev–Trinajstić information content (AvgIpc) is 2.85. The molecule has 1 aliphatic rings. The van der Waals surface area contributed by atoms with Gasteiger partial charge >= 0.3 is 0 Å². The standard InChI is InChI=1S/C18H23NS/c1-2-19(14-15-6-4-3-5-7-15)17-9-8-16-12-13-20-18(16)11-10-17/h3-7,12-13,17H,2,8-11,14H2,1H3. The third kappa shape index (κ3) is 3.13. The minimum atomic E-state index is 0.736. The Labute approximate surface area is 126 Å². The minimum absolute atomic E-state index is 0.736. The maximum Gasteiger partial charge on any atom is 0.0236 e. The molecule has 0 saturated carbocycles. The summed E-state index contributed by atoms with van der Waals surface area (Å²) in [5.74, 6) is 0. The van der Waals surface area contributed by atoms with Crippen LogP contribution in [0.3, 0.4) is 0 Å². The number of benzene rings is 1. The van der Waals surface area contributed by atoms with Gasteiger partial charge in [0.15, 0.2) is 0 Å². The van der Waals surface area contributed by atoms with Gasteiger partial charge in [0.2, 0.25) is 0 Å². The SMILES string of the molecule is CCN(Cc1ccccc1)C1CCc2ccsc2CC1. The number of nitrogens with zero attached hydrogens (tertiary/aromatic N) is 1. The molecule has 0 amide bonds. The van der Waals surface area contributed by atoms with Crippen LogP contribution in [0.5, 0.6) is 0 Å². The van der Waals surface area contributed by atoms with Gasteiger partial charge in [0, 0.05) is 17.5 Å². The van der Waals surface area contributed by atoms with Gasteiger partial charge in [0.1, 0.15) is 0 Å². The molecule has 0 N–H and O–H groups in total. The van der Waals surface area contributed by atoms with Crippen LogP contribution in [0.4, 0.5) is 0 Å². The lowest BCUT2D eigenvalue weighted by Crippen LogP contribution is -2.34. The Balaban J connectivity index is 1.66. The normalized spacial score (nSPS) is 18.8. The Morgan fingerprint density at radius 2 is 1.90 bits per heavy atom. The van der Waals surface area contributed by atoms with Crippen molar-refractivity contribution in [2.75, 3.05) is 6.54 Å². The van der Waals surface area contributed by atoms with E-state index in [2.05, 4.69) is 53.6 Å². The molecule has 106 valence electrons. The Bertz CT molecular complexity index is 509. The molecule has 0 saturated heterocycles. The fraction of sp³-hybridized carbons (Fsp3) is 0.444. The molecular formula is C18H23NS. The van der Waals surface area contributed by atoms with Gasteiger partial charge in [-0.15, -0.1) is 11.3 Å². The van der Waals surface area contributed by atoms with E-state index < -0.39 is 0 Å². The molecule has 0 bridgehead atoms. The van der Waals surface area contributed by atoms with Gasteiger partial charge in [-0.05, 0) is 54.8 Å². The lowest BCUT2D eigenvalue weighted by atomic mass is 10.1. The van der Waals surface area contributed by atoms with Gasteiger partial charge < -0.3 is 0 Å².